The SMILES string of the molecule is Cc1nn(C)c(N(C)C)c1CNC[C@H](c1cccc(F)c1)N(C)C. The Bertz CT molecular complexity index is 678. The molecule has 0 spiro atoms. The molecule has 0 bridgehead atoms. The second-order valence-corrected chi connectivity index (χ2v) is 6.57. The quantitative estimate of drug-likeness (QED) is 0.844. The van der Waals surface area contributed by atoms with Crippen LogP contribution in [0.25, 0.3) is 0 Å². The van der Waals surface area contributed by atoms with E-state index in [4.69, 9.17) is 0 Å². The third-order valence-corrected chi connectivity index (χ3v) is 4.23. The van der Waals surface area contributed by atoms with E-state index < -0.39 is 0 Å². The molecule has 2 aromatic rings. The fourth-order valence-electron chi connectivity index (χ4n) is 3.10. The molecule has 2 rings (SSSR count). The van der Waals surface area contributed by atoms with Crippen molar-refractivity contribution >= 4 is 5.82 Å². The van der Waals surface area contributed by atoms with E-state index >= 15 is 0 Å². The highest BCUT2D eigenvalue weighted by molar-refractivity contribution is 5.48. The Morgan fingerprint density at radius 2 is 1.96 bits per heavy atom. The van der Waals surface area contributed by atoms with Crippen molar-refractivity contribution in [1.29, 1.82) is 0 Å². The van der Waals surface area contributed by atoms with Gasteiger partial charge >= 0.3 is 0 Å². The first-order valence-electron chi connectivity index (χ1n) is 8.13. The van der Waals surface area contributed by atoms with Gasteiger partial charge in [0.1, 0.15) is 11.6 Å². The maximum atomic E-state index is 13.5. The first-order chi connectivity index (χ1) is 11.3. The van der Waals surface area contributed by atoms with E-state index in [-0.39, 0.29) is 11.9 Å². The van der Waals surface area contributed by atoms with Crippen molar-refractivity contribution in [2.75, 3.05) is 39.6 Å². The molecule has 132 valence electrons. The molecule has 0 radical (unpaired) electrons. The van der Waals surface area contributed by atoms with Gasteiger partial charge in [0.15, 0.2) is 0 Å². The van der Waals surface area contributed by atoms with Gasteiger partial charge in [-0.2, -0.15) is 5.10 Å². The Kier molecular flexibility index (Phi) is 5.96. The lowest BCUT2D eigenvalue weighted by molar-refractivity contribution is 0.287. The van der Waals surface area contributed by atoms with Crippen molar-refractivity contribution in [3.63, 3.8) is 0 Å². The van der Waals surface area contributed by atoms with Gasteiger partial charge in [-0.15, -0.1) is 0 Å². The average Bonchev–Trinajstić information content (AvgIpc) is 2.77. The van der Waals surface area contributed by atoms with E-state index in [0.717, 1.165) is 30.2 Å². The third kappa shape index (κ3) is 4.13. The van der Waals surface area contributed by atoms with E-state index in [2.05, 4.69) is 20.2 Å². The lowest BCUT2D eigenvalue weighted by atomic mass is 10.1. The predicted octanol–water partition coefficient (Wildman–Crippen LogP) is 2.33. The fourth-order valence-corrected chi connectivity index (χ4v) is 3.10. The minimum Gasteiger partial charge on any atom is -0.363 e. The zero-order valence-corrected chi connectivity index (χ0v) is 15.5. The summed E-state index contributed by atoms with van der Waals surface area (Å²) in [6.07, 6.45) is 0. The molecule has 24 heavy (non-hydrogen) atoms. The molecule has 1 heterocycles. The molecule has 1 aromatic carbocycles. The van der Waals surface area contributed by atoms with Gasteiger partial charge in [0.25, 0.3) is 0 Å². The van der Waals surface area contributed by atoms with Crippen molar-refractivity contribution < 1.29 is 4.39 Å². The number of hydrogen-bond donors (Lipinski definition) is 1. The first-order valence-corrected chi connectivity index (χ1v) is 8.13. The maximum Gasteiger partial charge on any atom is 0.130 e. The topological polar surface area (TPSA) is 36.3 Å². The van der Waals surface area contributed by atoms with Crippen molar-refractivity contribution in [1.82, 2.24) is 20.0 Å². The van der Waals surface area contributed by atoms with Crippen molar-refractivity contribution in [3.8, 4) is 0 Å². The van der Waals surface area contributed by atoms with Crippen LogP contribution in [0, 0.1) is 12.7 Å². The minimum atomic E-state index is -0.197. The highest BCUT2D eigenvalue weighted by atomic mass is 19.1. The van der Waals surface area contributed by atoms with Crippen LogP contribution in [0.1, 0.15) is 22.9 Å². The van der Waals surface area contributed by atoms with Crippen LogP contribution in [0.2, 0.25) is 0 Å². The summed E-state index contributed by atoms with van der Waals surface area (Å²) in [5.41, 5.74) is 3.20. The van der Waals surface area contributed by atoms with Gasteiger partial charge in [-0.05, 0) is 38.7 Å². The first kappa shape index (κ1) is 18.4. The molecule has 0 aliphatic rings. The summed E-state index contributed by atoms with van der Waals surface area (Å²) in [5.74, 6) is 0.907. The summed E-state index contributed by atoms with van der Waals surface area (Å²) in [6.45, 7) is 3.49. The smallest absolute Gasteiger partial charge is 0.130 e. The number of nitrogens with one attached hydrogen (secondary N) is 1. The van der Waals surface area contributed by atoms with E-state index in [1.54, 1.807) is 12.1 Å². The molecular weight excluding hydrogens is 305 g/mol. The molecule has 1 atom stereocenters. The zero-order chi connectivity index (χ0) is 17.9. The standard InChI is InChI=1S/C18H28FN5/c1-13-16(18(23(4)5)24(6)21-13)11-20-12-17(22(2)3)14-8-7-9-15(19)10-14/h7-10,17,20H,11-12H2,1-6H3/t17-/m1/s1. The highest BCUT2D eigenvalue weighted by Crippen LogP contribution is 2.22. The number of rotatable bonds is 7. The lowest BCUT2D eigenvalue weighted by Crippen LogP contribution is -2.31. The third-order valence-electron chi connectivity index (χ3n) is 4.23. The van der Waals surface area contributed by atoms with Crippen LogP contribution < -0.4 is 10.2 Å². The monoisotopic (exact) mass is 333 g/mol. The van der Waals surface area contributed by atoms with E-state index in [0.29, 0.717) is 0 Å². The van der Waals surface area contributed by atoms with Gasteiger partial charge in [0, 0.05) is 45.8 Å². The van der Waals surface area contributed by atoms with Crippen LogP contribution >= 0.6 is 0 Å². The number of nitrogens with zero attached hydrogens (tertiary/aromatic N) is 4. The van der Waals surface area contributed by atoms with Gasteiger partial charge in [-0.1, -0.05) is 12.1 Å². The summed E-state index contributed by atoms with van der Waals surface area (Å²) in [7, 11) is 10.0. The fraction of sp³-hybridized carbons (Fsp3) is 0.500. The van der Waals surface area contributed by atoms with Gasteiger partial charge < -0.3 is 15.1 Å². The van der Waals surface area contributed by atoms with Gasteiger partial charge in [-0.3, -0.25) is 4.68 Å². The Morgan fingerprint density at radius 3 is 2.54 bits per heavy atom. The van der Waals surface area contributed by atoms with Crippen molar-refractivity contribution in [2.45, 2.75) is 19.5 Å². The van der Waals surface area contributed by atoms with Crippen LogP contribution in [-0.2, 0) is 13.6 Å². The van der Waals surface area contributed by atoms with Crippen LogP contribution in [0.3, 0.4) is 0 Å². The Hall–Kier alpha value is -1.92. The molecule has 1 aromatic heterocycles. The molecule has 6 heteroatoms. The van der Waals surface area contributed by atoms with E-state index in [9.17, 15) is 4.39 Å². The van der Waals surface area contributed by atoms with Crippen LogP contribution in [-0.4, -0.2) is 49.4 Å². The molecule has 0 fully saturated rings. The molecule has 0 unspecified atom stereocenters. The lowest BCUT2D eigenvalue weighted by Gasteiger charge is -2.25. The summed E-state index contributed by atoms with van der Waals surface area (Å²) in [5, 5.41) is 8.02. The summed E-state index contributed by atoms with van der Waals surface area (Å²) < 4.78 is 15.4. The Morgan fingerprint density at radius 1 is 1.25 bits per heavy atom. The number of halogens is 1. The highest BCUT2D eigenvalue weighted by Gasteiger charge is 2.17. The maximum absolute atomic E-state index is 13.5. The molecular formula is C18H28FN5. The minimum absolute atomic E-state index is 0.112. The molecule has 0 amide bonds. The second kappa shape index (κ2) is 7.77. The predicted molar refractivity (Wildman–Crippen MR) is 96.8 cm³/mol. The van der Waals surface area contributed by atoms with E-state index in [1.165, 1.54) is 11.6 Å². The summed E-state index contributed by atoms with van der Waals surface area (Å²) >= 11 is 0. The van der Waals surface area contributed by atoms with E-state index in [1.807, 2.05) is 52.9 Å². The number of hydrogen-bond acceptors (Lipinski definition) is 4. The zero-order valence-electron chi connectivity index (χ0n) is 15.5. The van der Waals surface area contributed by atoms with Crippen LogP contribution in [0.4, 0.5) is 10.2 Å². The van der Waals surface area contributed by atoms with Gasteiger partial charge in [0.2, 0.25) is 0 Å². The molecule has 0 aliphatic heterocycles. The molecule has 0 saturated carbocycles. The molecule has 5 nitrogen and oxygen atoms in total. The Balaban J connectivity index is 2.09. The molecule has 1 N–H and O–H groups in total. The van der Waals surface area contributed by atoms with Crippen molar-refractivity contribution in [3.05, 3.63) is 46.9 Å². The van der Waals surface area contributed by atoms with Crippen LogP contribution in [0.15, 0.2) is 24.3 Å². The number of aromatic nitrogens is 2. The average molecular weight is 333 g/mol. The Labute approximate surface area is 144 Å². The van der Waals surface area contributed by atoms with Crippen molar-refractivity contribution in [2.24, 2.45) is 7.05 Å². The molecule has 0 saturated heterocycles. The molecule has 0 aliphatic carbocycles. The normalized spacial score (nSPS) is 12.7. The number of likely N-dealkylation sites (N-methyl/N-ethyl adjacent to an activating group) is 1. The number of aryl methyl sites for hydroxylation is 2. The van der Waals surface area contributed by atoms with Gasteiger partial charge in [-0.25, -0.2) is 4.39 Å². The number of benzene rings is 1. The number of anilines is 1. The second-order valence-electron chi connectivity index (χ2n) is 6.57. The van der Waals surface area contributed by atoms with Crippen LogP contribution in [0.5, 0.6) is 0 Å². The van der Waals surface area contributed by atoms with Gasteiger partial charge in [0.05, 0.1) is 5.69 Å². The summed E-state index contributed by atoms with van der Waals surface area (Å²) in [6, 6.07) is 6.92. The largest absolute Gasteiger partial charge is 0.363 e. The summed E-state index contributed by atoms with van der Waals surface area (Å²) in [4.78, 5) is 4.18.